The van der Waals surface area contributed by atoms with E-state index in [1.165, 1.54) is 11.1 Å². The van der Waals surface area contributed by atoms with Crippen LogP contribution in [-0.4, -0.2) is 36.7 Å². The summed E-state index contributed by atoms with van der Waals surface area (Å²) in [7, 11) is 0. The lowest BCUT2D eigenvalue weighted by Crippen LogP contribution is -2.54. The van der Waals surface area contributed by atoms with E-state index in [-0.39, 0.29) is 18.2 Å². The van der Waals surface area contributed by atoms with Crippen LogP contribution in [0.5, 0.6) is 0 Å². The van der Waals surface area contributed by atoms with Gasteiger partial charge in [-0.25, -0.2) is 0 Å². The fourth-order valence-corrected chi connectivity index (χ4v) is 3.07. The molecule has 0 amide bonds. The van der Waals surface area contributed by atoms with Gasteiger partial charge in [0.05, 0.1) is 24.8 Å². The largest absolute Gasteiger partial charge is 0.375 e. The number of nitrogens with zero attached hydrogens (tertiary/aromatic N) is 4. The van der Waals surface area contributed by atoms with Gasteiger partial charge < -0.3 is 4.74 Å². The standard InChI is InChI=1S/C19H22N4O/c1-15(21-22-20)14-24-18-12-23(13-18)19(16-8-4-2-5-9-16)17-10-6-3-7-11-17/h2-11,15,18-19H,12-14H2,1H3. The first kappa shape index (κ1) is 16.5. The van der Waals surface area contributed by atoms with Crippen LogP contribution in [0.25, 0.3) is 10.4 Å². The highest BCUT2D eigenvalue weighted by molar-refractivity contribution is 5.32. The molecule has 0 aliphatic carbocycles. The van der Waals surface area contributed by atoms with Crippen molar-refractivity contribution in [1.82, 2.24) is 4.90 Å². The third-order valence-electron chi connectivity index (χ3n) is 4.29. The van der Waals surface area contributed by atoms with E-state index in [4.69, 9.17) is 10.3 Å². The maximum Gasteiger partial charge on any atom is 0.0829 e. The Hall–Kier alpha value is -2.33. The molecule has 2 aromatic carbocycles. The van der Waals surface area contributed by atoms with Crippen molar-refractivity contribution in [2.24, 2.45) is 5.11 Å². The van der Waals surface area contributed by atoms with Crippen molar-refractivity contribution in [3.8, 4) is 0 Å². The SMILES string of the molecule is CC(COC1CN(C(c2ccccc2)c2ccccc2)C1)N=[N+]=[N-]. The summed E-state index contributed by atoms with van der Waals surface area (Å²) in [4.78, 5) is 5.24. The molecule has 0 aromatic heterocycles. The second-order valence-electron chi connectivity index (χ2n) is 6.19. The van der Waals surface area contributed by atoms with Crippen molar-refractivity contribution >= 4 is 0 Å². The number of likely N-dealkylation sites (tertiary alicyclic amines) is 1. The minimum atomic E-state index is -0.122. The van der Waals surface area contributed by atoms with Gasteiger partial charge in [-0.2, -0.15) is 0 Å². The van der Waals surface area contributed by atoms with Crippen LogP contribution in [0.3, 0.4) is 0 Å². The van der Waals surface area contributed by atoms with E-state index in [0.717, 1.165) is 13.1 Å². The summed E-state index contributed by atoms with van der Waals surface area (Å²) < 4.78 is 5.84. The predicted octanol–water partition coefficient (Wildman–Crippen LogP) is 4.18. The van der Waals surface area contributed by atoms with Crippen LogP contribution in [-0.2, 0) is 4.74 Å². The van der Waals surface area contributed by atoms with Gasteiger partial charge >= 0.3 is 0 Å². The predicted molar refractivity (Wildman–Crippen MR) is 94.6 cm³/mol. The number of azide groups is 1. The second kappa shape index (κ2) is 7.97. The number of ether oxygens (including phenoxy) is 1. The minimum absolute atomic E-state index is 0.122. The average Bonchev–Trinajstić information content (AvgIpc) is 2.58. The molecule has 1 fully saturated rings. The zero-order valence-corrected chi connectivity index (χ0v) is 13.8. The highest BCUT2D eigenvalue weighted by Crippen LogP contribution is 2.32. The van der Waals surface area contributed by atoms with Crippen molar-refractivity contribution in [3.05, 3.63) is 82.2 Å². The van der Waals surface area contributed by atoms with Crippen LogP contribution >= 0.6 is 0 Å². The van der Waals surface area contributed by atoms with E-state index in [0.29, 0.717) is 6.61 Å². The summed E-state index contributed by atoms with van der Waals surface area (Å²) in [5.74, 6) is 0. The summed E-state index contributed by atoms with van der Waals surface area (Å²) in [5, 5.41) is 3.65. The molecule has 1 aliphatic rings. The van der Waals surface area contributed by atoms with E-state index in [9.17, 15) is 0 Å². The Balaban J connectivity index is 1.65. The van der Waals surface area contributed by atoms with E-state index >= 15 is 0 Å². The summed E-state index contributed by atoms with van der Waals surface area (Å²) in [6.07, 6.45) is 0.205. The Morgan fingerprint density at radius 2 is 1.62 bits per heavy atom. The van der Waals surface area contributed by atoms with E-state index in [1.807, 2.05) is 19.1 Å². The highest BCUT2D eigenvalue weighted by Gasteiger charge is 2.34. The quantitative estimate of drug-likeness (QED) is 0.436. The fraction of sp³-hybridized carbons (Fsp3) is 0.368. The molecule has 124 valence electrons. The van der Waals surface area contributed by atoms with Gasteiger partial charge in [0.2, 0.25) is 0 Å². The molecule has 0 N–H and O–H groups in total. The molecule has 5 heteroatoms. The monoisotopic (exact) mass is 322 g/mol. The van der Waals surface area contributed by atoms with Crippen LogP contribution < -0.4 is 0 Å². The lowest BCUT2D eigenvalue weighted by molar-refractivity contribution is -0.0689. The maximum absolute atomic E-state index is 8.43. The summed E-state index contributed by atoms with van der Waals surface area (Å²) >= 11 is 0. The molecule has 24 heavy (non-hydrogen) atoms. The van der Waals surface area contributed by atoms with Crippen LogP contribution in [0.4, 0.5) is 0 Å². The van der Waals surface area contributed by atoms with Crippen molar-refractivity contribution in [3.63, 3.8) is 0 Å². The zero-order valence-electron chi connectivity index (χ0n) is 13.8. The fourth-order valence-electron chi connectivity index (χ4n) is 3.07. The van der Waals surface area contributed by atoms with Gasteiger partial charge in [0.1, 0.15) is 0 Å². The molecule has 2 aromatic rings. The molecule has 0 spiro atoms. The zero-order chi connectivity index (χ0) is 16.8. The Morgan fingerprint density at radius 1 is 1.08 bits per heavy atom. The maximum atomic E-state index is 8.43. The lowest BCUT2D eigenvalue weighted by Gasteiger charge is -2.44. The molecule has 5 nitrogen and oxygen atoms in total. The molecular formula is C19H22N4O. The lowest BCUT2D eigenvalue weighted by atomic mass is 9.94. The van der Waals surface area contributed by atoms with Gasteiger partial charge in [0.15, 0.2) is 0 Å². The van der Waals surface area contributed by atoms with Crippen molar-refractivity contribution in [2.45, 2.75) is 25.1 Å². The van der Waals surface area contributed by atoms with Gasteiger partial charge in [-0.1, -0.05) is 72.7 Å². The first-order valence-electron chi connectivity index (χ1n) is 8.27. The van der Waals surface area contributed by atoms with Gasteiger partial charge in [-0.3, -0.25) is 4.90 Å². The Morgan fingerprint density at radius 3 is 2.12 bits per heavy atom. The molecule has 1 heterocycles. The third kappa shape index (κ3) is 3.95. The van der Waals surface area contributed by atoms with E-state index in [2.05, 4.69) is 63.5 Å². The van der Waals surface area contributed by atoms with Crippen molar-refractivity contribution in [2.75, 3.05) is 19.7 Å². The minimum Gasteiger partial charge on any atom is -0.375 e. The molecule has 1 aliphatic heterocycles. The Labute approximate surface area is 142 Å². The second-order valence-corrected chi connectivity index (χ2v) is 6.19. The summed E-state index contributed by atoms with van der Waals surface area (Å²) in [6, 6.07) is 21.3. The number of hydrogen-bond donors (Lipinski definition) is 0. The topological polar surface area (TPSA) is 61.2 Å². The third-order valence-corrected chi connectivity index (χ3v) is 4.29. The van der Waals surface area contributed by atoms with Crippen LogP contribution in [0.1, 0.15) is 24.1 Å². The van der Waals surface area contributed by atoms with Crippen molar-refractivity contribution < 1.29 is 4.74 Å². The van der Waals surface area contributed by atoms with Crippen LogP contribution in [0.15, 0.2) is 65.8 Å². The van der Waals surface area contributed by atoms with Crippen molar-refractivity contribution in [1.29, 1.82) is 0 Å². The number of benzene rings is 2. The Kier molecular flexibility index (Phi) is 5.49. The highest BCUT2D eigenvalue weighted by atomic mass is 16.5. The molecule has 1 unspecified atom stereocenters. The van der Waals surface area contributed by atoms with Gasteiger partial charge in [0, 0.05) is 18.0 Å². The van der Waals surface area contributed by atoms with E-state index in [1.54, 1.807) is 0 Å². The van der Waals surface area contributed by atoms with Crippen LogP contribution in [0, 0.1) is 0 Å². The smallest absolute Gasteiger partial charge is 0.0829 e. The summed E-state index contributed by atoms with van der Waals surface area (Å²) in [6.45, 7) is 4.12. The summed E-state index contributed by atoms with van der Waals surface area (Å²) in [5.41, 5.74) is 11.0. The normalized spacial score (nSPS) is 16.4. The first-order chi connectivity index (χ1) is 11.8. The first-order valence-corrected chi connectivity index (χ1v) is 8.27. The molecule has 0 saturated carbocycles. The van der Waals surface area contributed by atoms with Crippen LogP contribution in [0.2, 0.25) is 0 Å². The van der Waals surface area contributed by atoms with Gasteiger partial charge in [0.25, 0.3) is 0 Å². The molecule has 0 radical (unpaired) electrons. The number of hydrogen-bond acceptors (Lipinski definition) is 3. The molecule has 1 atom stereocenters. The number of rotatable bonds is 7. The Bertz CT molecular complexity index is 640. The van der Waals surface area contributed by atoms with E-state index < -0.39 is 0 Å². The average molecular weight is 322 g/mol. The molecule has 1 saturated heterocycles. The van der Waals surface area contributed by atoms with Gasteiger partial charge in [-0.05, 0) is 16.7 Å². The molecule has 0 bridgehead atoms. The van der Waals surface area contributed by atoms with Gasteiger partial charge in [-0.15, -0.1) is 0 Å². The molecule has 3 rings (SSSR count). The molecular weight excluding hydrogens is 300 g/mol.